The van der Waals surface area contributed by atoms with E-state index in [9.17, 15) is 13.2 Å². The highest BCUT2D eigenvalue weighted by Gasteiger charge is 2.07. The Hall–Kier alpha value is -1.60. The van der Waals surface area contributed by atoms with Crippen molar-refractivity contribution in [3.05, 3.63) is 23.8 Å². The van der Waals surface area contributed by atoms with E-state index in [0.29, 0.717) is 24.4 Å². The van der Waals surface area contributed by atoms with Gasteiger partial charge in [-0.25, -0.2) is 13.1 Å². The lowest BCUT2D eigenvalue weighted by Gasteiger charge is -2.11. The predicted molar refractivity (Wildman–Crippen MR) is 73.8 cm³/mol. The molecule has 19 heavy (non-hydrogen) atoms. The summed E-state index contributed by atoms with van der Waals surface area (Å²) in [4.78, 5) is 11.1. The lowest BCUT2D eigenvalue weighted by molar-refractivity contribution is -0.114. The number of hydrogen-bond donors (Lipinski definition) is 2. The highest BCUT2D eigenvalue weighted by atomic mass is 32.2. The minimum atomic E-state index is -3.18. The fraction of sp³-hybridized carbons (Fsp3) is 0.417. The van der Waals surface area contributed by atoms with E-state index < -0.39 is 10.0 Å². The summed E-state index contributed by atoms with van der Waals surface area (Å²) >= 11 is 0. The summed E-state index contributed by atoms with van der Waals surface area (Å²) in [6.07, 6.45) is 1.65. The van der Waals surface area contributed by atoms with Crippen LogP contribution in [0, 0.1) is 0 Å². The minimum absolute atomic E-state index is 0.190. The molecular weight excluding hydrogens is 268 g/mol. The maximum absolute atomic E-state index is 11.1. The Kier molecular flexibility index (Phi) is 5.31. The van der Waals surface area contributed by atoms with E-state index in [1.807, 2.05) is 6.07 Å². The van der Waals surface area contributed by atoms with E-state index in [-0.39, 0.29) is 5.91 Å². The summed E-state index contributed by atoms with van der Waals surface area (Å²) in [5.74, 6) is 0.375. The summed E-state index contributed by atoms with van der Waals surface area (Å²) < 4.78 is 29.4. The molecule has 0 heterocycles. The van der Waals surface area contributed by atoms with E-state index in [1.54, 1.807) is 12.1 Å². The van der Waals surface area contributed by atoms with Crippen LogP contribution >= 0.6 is 0 Å². The topological polar surface area (TPSA) is 84.5 Å². The van der Waals surface area contributed by atoms with Crippen LogP contribution in [0.1, 0.15) is 12.5 Å². The molecule has 7 heteroatoms. The van der Waals surface area contributed by atoms with Crippen molar-refractivity contribution in [3.8, 4) is 5.75 Å². The fourth-order valence-corrected chi connectivity index (χ4v) is 2.05. The number of carbonyl (C=O) groups is 1. The summed E-state index contributed by atoms with van der Waals surface area (Å²) in [6, 6.07) is 5.33. The van der Waals surface area contributed by atoms with E-state index in [1.165, 1.54) is 14.0 Å². The maximum Gasteiger partial charge on any atom is 0.221 e. The molecule has 0 atom stereocenters. The van der Waals surface area contributed by atoms with Crippen LogP contribution in [0.15, 0.2) is 18.2 Å². The van der Waals surface area contributed by atoms with Crippen LogP contribution in [-0.4, -0.2) is 34.2 Å². The second-order valence-electron chi connectivity index (χ2n) is 4.13. The van der Waals surface area contributed by atoms with Gasteiger partial charge >= 0.3 is 0 Å². The SMILES string of the molecule is COc1ccc(CCNS(C)(=O)=O)cc1NC(C)=O. The van der Waals surface area contributed by atoms with Gasteiger partial charge in [0.1, 0.15) is 5.75 Å². The molecule has 1 rings (SSSR count). The van der Waals surface area contributed by atoms with E-state index in [0.717, 1.165) is 11.8 Å². The molecule has 0 unspecified atom stereocenters. The van der Waals surface area contributed by atoms with Crippen molar-refractivity contribution in [3.63, 3.8) is 0 Å². The van der Waals surface area contributed by atoms with Gasteiger partial charge in [0.25, 0.3) is 0 Å². The molecule has 2 N–H and O–H groups in total. The lowest BCUT2D eigenvalue weighted by atomic mass is 10.1. The molecule has 0 aliphatic heterocycles. The summed E-state index contributed by atoms with van der Waals surface area (Å²) in [6.45, 7) is 1.72. The molecule has 1 aromatic rings. The predicted octanol–water partition coefficient (Wildman–Crippen LogP) is 0.745. The first kappa shape index (κ1) is 15.5. The molecule has 1 aromatic carbocycles. The standard InChI is InChI=1S/C12H18N2O4S/c1-9(15)14-11-8-10(4-5-12(11)18-2)6-7-13-19(3,16)17/h4-5,8,13H,6-7H2,1-3H3,(H,14,15). The second kappa shape index (κ2) is 6.53. The highest BCUT2D eigenvalue weighted by Crippen LogP contribution is 2.25. The van der Waals surface area contributed by atoms with Gasteiger partial charge in [-0.3, -0.25) is 4.79 Å². The van der Waals surface area contributed by atoms with Crippen LogP contribution in [0.5, 0.6) is 5.75 Å². The minimum Gasteiger partial charge on any atom is -0.495 e. The van der Waals surface area contributed by atoms with E-state index in [2.05, 4.69) is 10.0 Å². The van der Waals surface area contributed by atoms with Gasteiger partial charge in [-0.05, 0) is 24.1 Å². The van der Waals surface area contributed by atoms with Gasteiger partial charge < -0.3 is 10.1 Å². The van der Waals surface area contributed by atoms with Crippen molar-refractivity contribution in [2.45, 2.75) is 13.3 Å². The molecular formula is C12H18N2O4S. The van der Waals surface area contributed by atoms with Crippen molar-refractivity contribution in [2.75, 3.05) is 25.2 Å². The largest absolute Gasteiger partial charge is 0.495 e. The van der Waals surface area contributed by atoms with Gasteiger partial charge in [-0.1, -0.05) is 6.07 Å². The Bertz CT molecular complexity index is 555. The Balaban J connectivity index is 2.77. The normalized spacial score (nSPS) is 11.1. The number of rotatable bonds is 6. The molecule has 0 radical (unpaired) electrons. The number of benzene rings is 1. The summed E-state index contributed by atoms with van der Waals surface area (Å²) in [5.41, 5.74) is 1.48. The van der Waals surface area contributed by atoms with E-state index >= 15 is 0 Å². The maximum atomic E-state index is 11.1. The van der Waals surface area contributed by atoms with Gasteiger partial charge in [-0.2, -0.15) is 0 Å². The van der Waals surface area contributed by atoms with E-state index in [4.69, 9.17) is 4.74 Å². The molecule has 0 saturated heterocycles. The Morgan fingerprint density at radius 2 is 2.05 bits per heavy atom. The van der Waals surface area contributed by atoms with Crippen LogP contribution in [0.25, 0.3) is 0 Å². The highest BCUT2D eigenvalue weighted by molar-refractivity contribution is 7.88. The lowest BCUT2D eigenvalue weighted by Crippen LogP contribution is -2.24. The number of sulfonamides is 1. The van der Waals surface area contributed by atoms with Crippen LogP contribution in [-0.2, 0) is 21.2 Å². The first-order valence-electron chi connectivity index (χ1n) is 5.71. The molecule has 106 valence electrons. The summed E-state index contributed by atoms with van der Waals surface area (Å²) in [5, 5.41) is 2.67. The zero-order valence-electron chi connectivity index (χ0n) is 11.2. The van der Waals surface area contributed by atoms with Crippen LogP contribution in [0.4, 0.5) is 5.69 Å². The quantitative estimate of drug-likeness (QED) is 0.808. The molecule has 0 bridgehead atoms. The Morgan fingerprint density at radius 1 is 1.37 bits per heavy atom. The molecule has 0 aliphatic rings. The van der Waals surface area contributed by atoms with Crippen molar-refractivity contribution >= 4 is 21.6 Å². The van der Waals surface area contributed by atoms with Crippen LogP contribution in [0.3, 0.4) is 0 Å². The number of anilines is 1. The Labute approximate surface area is 113 Å². The zero-order chi connectivity index (χ0) is 14.5. The third-order valence-electron chi connectivity index (χ3n) is 2.35. The first-order chi connectivity index (χ1) is 8.81. The number of amides is 1. The van der Waals surface area contributed by atoms with Crippen molar-refractivity contribution < 1.29 is 17.9 Å². The second-order valence-corrected chi connectivity index (χ2v) is 5.97. The summed E-state index contributed by atoms with van der Waals surface area (Å²) in [7, 11) is -1.66. The fourth-order valence-electron chi connectivity index (χ4n) is 1.58. The van der Waals surface area contributed by atoms with Crippen molar-refractivity contribution in [1.29, 1.82) is 0 Å². The molecule has 0 aliphatic carbocycles. The average Bonchev–Trinajstić information content (AvgIpc) is 2.27. The number of carbonyl (C=O) groups excluding carboxylic acids is 1. The van der Waals surface area contributed by atoms with Gasteiger partial charge in [-0.15, -0.1) is 0 Å². The smallest absolute Gasteiger partial charge is 0.221 e. The third kappa shape index (κ3) is 5.71. The zero-order valence-corrected chi connectivity index (χ0v) is 12.0. The molecule has 0 spiro atoms. The Morgan fingerprint density at radius 3 is 2.58 bits per heavy atom. The molecule has 0 aromatic heterocycles. The van der Waals surface area contributed by atoms with Crippen LogP contribution < -0.4 is 14.8 Å². The third-order valence-corrected chi connectivity index (χ3v) is 3.08. The van der Waals surface area contributed by atoms with Gasteiger partial charge in [0.2, 0.25) is 15.9 Å². The number of ether oxygens (including phenoxy) is 1. The van der Waals surface area contributed by atoms with Gasteiger partial charge in [0.15, 0.2) is 0 Å². The van der Waals surface area contributed by atoms with Gasteiger partial charge in [0.05, 0.1) is 19.1 Å². The number of hydrogen-bond acceptors (Lipinski definition) is 4. The number of nitrogens with one attached hydrogen (secondary N) is 2. The van der Waals surface area contributed by atoms with Crippen LogP contribution in [0.2, 0.25) is 0 Å². The molecule has 1 amide bonds. The van der Waals surface area contributed by atoms with Gasteiger partial charge in [0, 0.05) is 13.5 Å². The molecule has 6 nitrogen and oxygen atoms in total. The number of methoxy groups -OCH3 is 1. The van der Waals surface area contributed by atoms with Crippen molar-refractivity contribution in [2.24, 2.45) is 0 Å². The monoisotopic (exact) mass is 286 g/mol. The molecule has 0 fully saturated rings. The van der Waals surface area contributed by atoms with Crippen molar-refractivity contribution in [1.82, 2.24) is 4.72 Å². The first-order valence-corrected chi connectivity index (χ1v) is 7.60. The molecule has 0 saturated carbocycles. The average molecular weight is 286 g/mol.